The van der Waals surface area contributed by atoms with Crippen LogP contribution in [0.5, 0.6) is 0 Å². The summed E-state index contributed by atoms with van der Waals surface area (Å²) >= 11 is 2.17. The van der Waals surface area contributed by atoms with Gasteiger partial charge in [-0.25, -0.2) is 0 Å². The molecule has 2 heteroatoms. The second kappa shape index (κ2) is 9.65. The molecule has 0 spiro atoms. The second-order valence-corrected chi connectivity index (χ2v) is 9.40. The monoisotopic (exact) mass is 401 g/mol. The standard InChI is InChI=1S/C27H31NS/c1-2-28-21-12-19-26(20-22-28)29-27(23-13-6-3-7-14-23,24-15-8-4-9-16-24)25-17-10-5-11-18-25/h3-11,13-18,26H,2,12,19-22H2,1H3. The average Bonchev–Trinajstić information content (AvgIpc) is 3.04. The zero-order chi connectivity index (χ0) is 19.9. The molecule has 3 aromatic rings. The summed E-state index contributed by atoms with van der Waals surface area (Å²) in [5.41, 5.74) is 4.12. The largest absolute Gasteiger partial charge is 0.304 e. The normalized spacial score (nSPS) is 18.3. The number of hydrogen-bond donors (Lipinski definition) is 0. The quantitative estimate of drug-likeness (QED) is 0.429. The Balaban J connectivity index is 1.82. The number of likely N-dealkylation sites (tertiary alicyclic amines) is 1. The molecular formula is C27H31NS. The van der Waals surface area contributed by atoms with E-state index in [4.69, 9.17) is 0 Å². The van der Waals surface area contributed by atoms with E-state index in [1.54, 1.807) is 0 Å². The van der Waals surface area contributed by atoms with Gasteiger partial charge in [-0.15, -0.1) is 11.8 Å². The van der Waals surface area contributed by atoms with Gasteiger partial charge in [-0.05, 0) is 55.6 Å². The van der Waals surface area contributed by atoms with Crippen LogP contribution in [0.1, 0.15) is 42.9 Å². The van der Waals surface area contributed by atoms with Crippen LogP contribution in [0.3, 0.4) is 0 Å². The van der Waals surface area contributed by atoms with Crippen LogP contribution < -0.4 is 0 Å². The summed E-state index contributed by atoms with van der Waals surface area (Å²) < 4.78 is -0.185. The molecule has 0 radical (unpaired) electrons. The minimum absolute atomic E-state index is 0.185. The van der Waals surface area contributed by atoms with Gasteiger partial charge in [-0.3, -0.25) is 0 Å². The lowest BCUT2D eigenvalue weighted by atomic mass is 9.84. The molecular weight excluding hydrogens is 370 g/mol. The third-order valence-electron chi connectivity index (χ3n) is 6.10. The van der Waals surface area contributed by atoms with Gasteiger partial charge < -0.3 is 4.90 Å². The van der Waals surface area contributed by atoms with Gasteiger partial charge >= 0.3 is 0 Å². The summed E-state index contributed by atoms with van der Waals surface area (Å²) in [6.45, 7) is 5.90. The minimum atomic E-state index is -0.185. The number of rotatable bonds is 6. The lowest BCUT2D eigenvalue weighted by Crippen LogP contribution is -2.29. The Morgan fingerprint density at radius 1 is 0.724 bits per heavy atom. The molecule has 1 heterocycles. The Bertz CT molecular complexity index is 766. The van der Waals surface area contributed by atoms with E-state index in [1.165, 1.54) is 55.6 Å². The summed E-state index contributed by atoms with van der Waals surface area (Å²) in [7, 11) is 0. The van der Waals surface area contributed by atoms with Gasteiger partial charge in [0.05, 0.1) is 4.75 Å². The smallest absolute Gasteiger partial charge is 0.0909 e. The van der Waals surface area contributed by atoms with E-state index < -0.39 is 0 Å². The maximum Gasteiger partial charge on any atom is 0.0909 e. The zero-order valence-corrected chi connectivity index (χ0v) is 18.2. The van der Waals surface area contributed by atoms with Gasteiger partial charge in [0.25, 0.3) is 0 Å². The molecule has 0 amide bonds. The average molecular weight is 402 g/mol. The molecule has 1 saturated heterocycles. The fraction of sp³-hybridized carbons (Fsp3) is 0.333. The minimum Gasteiger partial charge on any atom is -0.304 e. The topological polar surface area (TPSA) is 3.24 Å². The molecule has 1 nitrogen and oxygen atoms in total. The first-order valence-electron chi connectivity index (χ1n) is 10.9. The van der Waals surface area contributed by atoms with Crippen molar-refractivity contribution in [2.24, 2.45) is 0 Å². The van der Waals surface area contributed by atoms with Crippen LogP contribution in [-0.2, 0) is 4.75 Å². The van der Waals surface area contributed by atoms with E-state index in [9.17, 15) is 0 Å². The molecule has 0 N–H and O–H groups in total. The molecule has 1 fully saturated rings. The van der Waals surface area contributed by atoms with Crippen LogP contribution >= 0.6 is 11.8 Å². The SMILES string of the molecule is CCN1CCCC(SC(c2ccccc2)(c2ccccc2)c2ccccc2)CC1. The molecule has 150 valence electrons. The third kappa shape index (κ3) is 4.44. The second-order valence-electron chi connectivity index (χ2n) is 7.88. The predicted octanol–water partition coefficient (Wildman–Crippen LogP) is 6.59. The molecule has 4 rings (SSSR count). The van der Waals surface area contributed by atoms with E-state index in [0.717, 1.165) is 0 Å². The van der Waals surface area contributed by atoms with Crippen molar-refractivity contribution in [2.45, 2.75) is 36.2 Å². The maximum atomic E-state index is 2.61. The molecule has 1 aliphatic heterocycles. The molecule has 0 aliphatic carbocycles. The van der Waals surface area contributed by atoms with E-state index >= 15 is 0 Å². The van der Waals surface area contributed by atoms with E-state index in [-0.39, 0.29) is 4.75 Å². The van der Waals surface area contributed by atoms with Crippen molar-refractivity contribution in [3.63, 3.8) is 0 Å². The highest BCUT2D eigenvalue weighted by Crippen LogP contribution is 2.51. The van der Waals surface area contributed by atoms with Gasteiger partial charge in [0.2, 0.25) is 0 Å². The van der Waals surface area contributed by atoms with Crippen LogP contribution in [0, 0.1) is 0 Å². The van der Waals surface area contributed by atoms with Crippen molar-refractivity contribution < 1.29 is 0 Å². The van der Waals surface area contributed by atoms with Gasteiger partial charge in [0.1, 0.15) is 0 Å². The Labute approximate surface area is 180 Å². The van der Waals surface area contributed by atoms with Gasteiger partial charge in [0.15, 0.2) is 0 Å². The summed E-state index contributed by atoms with van der Waals surface area (Å²) in [6, 6.07) is 33.3. The molecule has 0 saturated carbocycles. The lowest BCUT2D eigenvalue weighted by Gasteiger charge is -2.38. The molecule has 3 aromatic carbocycles. The Kier molecular flexibility index (Phi) is 6.74. The van der Waals surface area contributed by atoms with Crippen molar-refractivity contribution in [2.75, 3.05) is 19.6 Å². The Hall–Kier alpha value is -2.03. The third-order valence-corrected chi connectivity index (χ3v) is 7.96. The van der Waals surface area contributed by atoms with Crippen LogP contribution in [-0.4, -0.2) is 29.8 Å². The summed E-state index contributed by atoms with van der Waals surface area (Å²) in [4.78, 5) is 2.61. The van der Waals surface area contributed by atoms with Crippen LogP contribution in [0.25, 0.3) is 0 Å². The highest BCUT2D eigenvalue weighted by molar-refractivity contribution is 8.01. The van der Waals surface area contributed by atoms with Crippen molar-refractivity contribution in [1.82, 2.24) is 4.90 Å². The van der Waals surface area contributed by atoms with Crippen molar-refractivity contribution in [1.29, 1.82) is 0 Å². The number of thioether (sulfide) groups is 1. The van der Waals surface area contributed by atoms with Crippen LogP contribution in [0.2, 0.25) is 0 Å². The molecule has 1 aliphatic rings. The highest BCUT2D eigenvalue weighted by atomic mass is 32.2. The van der Waals surface area contributed by atoms with E-state index in [2.05, 4.69) is 115 Å². The zero-order valence-electron chi connectivity index (χ0n) is 17.3. The summed E-state index contributed by atoms with van der Waals surface area (Å²) in [5.74, 6) is 0. The Morgan fingerprint density at radius 3 is 1.66 bits per heavy atom. The predicted molar refractivity (Wildman–Crippen MR) is 127 cm³/mol. The van der Waals surface area contributed by atoms with Crippen molar-refractivity contribution >= 4 is 11.8 Å². The summed E-state index contributed by atoms with van der Waals surface area (Å²) in [5, 5.41) is 0.646. The number of hydrogen-bond acceptors (Lipinski definition) is 2. The van der Waals surface area contributed by atoms with E-state index in [1.807, 2.05) is 0 Å². The first kappa shape index (κ1) is 20.3. The lowest BCUT2D eigenvalue weighted by molar-refractivity contribution is 0.301. The summed E-state index contributed by atoms with van der Waals surface area (Å²) in [6.07, 6.45) is 3.84. The van der Waals surface area contributed by atoms with Crippen molar-refractivity contribution in [3.05, 3.63) is 108 Å². The molecule has 29 heavy (non-hydrogen) atoms. The van der Waals surface area contributed by atoms with Gasteiger partial charge in [-0.2, -0.15) is 0 Å². The van der Waals surface area contributed by atoms with Gasteiger partial charge in [0, 0.05) is 5.25 Å². The highest BCUT2D eigenvalue weighted by Gasteiger charge is 2.39. The Morgan fingerprint density at radius 2 is 1.21 bits per heavy atom. The van der Waals surface area contributed by atoms with E-state index in [0.29, 0.717) is 5.25 Å². The first-order chi connectivity index (χ1) is 14.3. The number of nitrogens with zero attached hydrogens (tertiary/aromatic N) is 1. The first-order valence-corrected chi connectivity index (χ1v) is 11.8. The molecule has 0 aromatic heterocycles. The van der Waals surface area contributed by atoms with Crippen molar-refractivity contribution in [3.8, 4) is 0 Å². The fourth-order valence-corrected chi connectivity index (χ4v) is 6.36. The number of benzene rings is 3. The molecule has 1 unspecified atom stereocenters. The van der Waals surface area contributed by atoms with Gasteiger partial charge in [-0.1, -0.05) is 97.9 Å². The maximum absolute atomic E-state index is 2.61. The molecule has 1 atom stereocenters. The van der Waals surface area contributed by atoms with Crippen LogP contribution in [0.15, 0.2) is 91.0 Å². The fourth-order valence-electron chi connectivity index (χ4n) is 4.53. The van der Waals surface area contributed by atoms with Crippen LogP contribution in [0.4, 0.5) is 0 Å². The molecule has 0 bridgehead atoms.